The normalized spacial score (nSPS) is 21.3. The van der Waals surface area contributed by atoms with Crippen molar-refractivity contribution in [2.45, 2.75) is 31.7 Å². The van der Waals surface area contributed by atoms with Crippen LogP contribution in [0.2, 0.25) is 10.0 Å². The van der Waals surface area contributed by atoms with Crippen molar-refractivity contribution in [2.24, 2.45) is 0 Å². The van der Waals surface area contributed by atoms with E-state index < -0.39 is 0 Å². The summed E-state index contributed by atoms with van der Waals surface area (Å²) in [6.07, 6.45) is 4.75. The Morgan fingerprint density at radius 2 is 1.96 bits per heavy atom. The van der Waals surface area contributed by atoms with Gasteiger partial charge in [0.25, 0.3) is 0 Å². The third-order valence-electron chi connectivity index (χ3n) is 4.86. The summed E-state index contributed by atoms with van der Waals surface area (Å²) in [6.45, 7) is 2.10. The molecule has 4 rings (SSSR count). The molecule has 0 saturated carbocycles. The zero-order chi connectivity index (χ0) is 16.0. The number of nitrogens with one attached hydrogen (secondary N) is 1. The molecular weight excluding hydrogens is 331 g/mol. The first kappa shape index (κ1) is 15.3. The average molecular weight is 351 g/mol. The quantitative estimate of drug-likeness (QED) is 0.876. The highest BCUT2D eigenvalue weighted by atomic mass is 35.5. The zero-order valence-corrected chi connectivity index (χ0v) is 14.7. The lowest BCUT2D eigenvalue weighted by Gasteiger charge is -2.31. The van der Waals surface area contributed by atoms with E-state index in [1.807, 2.05) is 16.8 Å². The van der Waals surface area contributed by atoms with Gasteiger partial charge in [0, 0.05) is 22.2 Å². The van der Waals surface area contributed by atoms with E-state index in [0.717, 1.165) is 31.0 Å². The van der Waals surface area contributed by atoms with Crippen LogP contribution in [-0.2, 0) is 6.42 Å². The number of likely N-dealkylation sites (tertiary alicyclic amines) is 1. The van der Waals surface area contributed by atoms with Crippen LogP contribution in [0, 0.1) is 0 Å². The molecule has 6 heteroatoms. The molecule has 3 heterocycles. The van der Waals surface area contributed by atoms with E-state index in [1.165, 1.54) is 30.5 Å². The SMILES string of the molecule is CN1CCCCC1c1nn(-c2cc(Cl)cc(Cl)c2)c2c1CCN2. The molecule has 1 saturated heterocycles. The maximum absolute atomic E-state index is 6.18. The Balaban J connectivity index is 1.81. The number of fused-ring (bicyclic) bond motifs is 1. The lowest BCUT2D eigenvalue weighted by molar-refractivity contribution is 0.182. The summed E-state index contributed by atoms with van der Waals surface area (Å²) in [5.74, 6) is 1.09. The number of halogens is 2. The van der Waals surface area contributed by atoms with Crippen molar-refractivity contribution in [3.63, 3.8) is 0 Å². The van der Waals surface area contributed by atoms with Gasteiger partial charge in [-0.05, 0) is 51.1 Å². The topological polar surface area (TPSA) is 33.1 Å². The number of aromatic nitrogens is 2. The Morgan fingerprint density at radius 1 is 1.17 bits per heavy atom. The molecular formula is C17H20Cl2N4. The first-order valence-electron chi connectivity index (χ1n) is 8.16. The van der Waals surface area contributed by atoms with E-state index in [4.69, 9.17) is 28.3 Å². The Hall–Kier alpha value is -1.23. The Kier molecular flexibility index (Phi) is 4.00. The lowest BCUT2D eigenvalue weighted by atomic mass is 9.97. The van der Waals surface area contributed by atoms with Gasteiger partial charge in [-0.25, -0.2) is 4.68 Å². The molecule has 1 atom stereocenters. The van der Waals surface area contributed by atoms with E-state index in [0.29, 0.717) is 16.1 Å². The Labute approximate surface area is 146 Å². The van der Waals surface area contributed by atoms with Crippen molar-refractivity contribution >= 4 is 29.0 Å². The fourth-order valence-corrected chi connectivity index (χ4v) is 4.25. The second-order valence-corrected chi connectivity index (χ2v) is 7.29. The third kappa shape index (κ3) is 2.73. The number of anilines is 1. The van der Waals surface area contributed by atoms with Crippen LogP contribution in [0.4, 0.5) is 5.82 Å². The smallest absolute Gasteiger partial charge is 0.133 e. The minimum absolute atomic E-state index is 0.410. The standard InChI is InChI=1S/C17H20Cl2N4/c1-22-7-3-2-4-15(22)16-14-5-6-20-17(14)23(21-16)13-9-11(18)8-12(19)10-13/h8-10,15,20H,2-7H2,1H3. The van der Waals surface area contributed by atoms with Crippen molar-refractivity contribution in [3.05, 3.63) is 39.5 Å². The summed E-state index contributed by atoms with van der Waals surface area (Å²) < 4.78 is 1.97. The van der Waals surface area contributed by atoms with Crippen LogP contribution in [0.5, 0.6) is 0 Å². The van der Waals surface area contributed by atoms with Gasteiger partial charge in [0.2, 0.25) is 0 Å². The largest absolute Gasteiger partial charge is 0.369 e. The summed E-state index contributed by atoms with van der Waals surface area (Å²) in [7, 11) is 2.20. The first-order valence-corrected chi connectivity index (χ1v) is 8.91. The van der Waals surface area contributed by atoms with Crippen LogP contribution in [0.1, 0.15) is 36.6 Å². The average Bonchev–Trinajstić information content (AvgIpc) is 3.09. The number of piperidine rings is 1. The van der Waals surface area contributed by atoms with Crippen LogP contribution in [0.3, 0.4) is 0 Å². The fraction of sp³-hybridized carbons (Fsp3) is 0.471. The van der Waals surface area contributed by atoms with Crippen molar-refractivity contribution < 1.29 is 0 Å². The zero-order valence-electron chi connectivity index (χ0n) is 13.1. The minimum atomic E-state index is 0.410. The predicted molar refractivity (Wildman–Crippen MR) is 95.0 cm³/mol. The molecule has 0 radical (unpaired) electrons. The molecule has 1 aromatic carbocycles. The molecule has 0 aliphatic carbocycles. The van der Waals surface area contributed by atoms with Crippen LogP contribution < -0.4 is 5.32 Å². The number of rotatable bonds is 2. The predicted octanol–water partition coefficient (Wildman–Crippen LogP) is 4.30. The van der Waals surface area contributed by atoms with Gasteiger partial charge >= 0.3 is 0 Å². The molecule has 1 N–H and O–H groups in total. The van der Waals surface area contributed by atoms with Gasteiger partial charge in [-0.2, -0.15) is 5.10 Å². The molecule has 0 amide bonds. The second kappa shape index (κ2) is 6.00. The van der Waals surface area contributed by atoms with Crippen LogP contribution in [0.15, 0.2) is 18.2 Å². The second-order valence-electron chi connectivity index (χ2n) is 6.42. The van der Waals surface area contributed by atoms with Crippen LogP contribution in [-0.4, -0.2) is 34.8 Å². The van der Waals surface area contributed by atoms with Crippen molar-refractivity contribution in [3.8, 4) is 5.69 Å². The number of hydrogen-bond donors (Lipinski definition) is 1. The van der Waals surface area contributed by atoms with Gasteiger partial charge in [0.1, 0.15) is 5.82 Å². The van der Waals surface area contributed by atoms with Crippen molar-refractivity contribution in [1.29, 1.82) is 0 Å². The highest BCUT2D eigenvalue weighted by molar-refractivity contribution is 6.34. The van der Waals surface area contributed by atoms with Gasteiger partial charge in [0.05, 0.1) is 17.4 Å². The van der Waals surface area contributed by atoms with Crippen LogP contribution in [0.25, 0.3) is 5.69 Å². The summed E-state index contributed by atoms with van der Waals surface area (Å²) in [6, 6.07) is 5.98. The highest BCUT2D eigenvalue weighted by Crippen LogP contribution is 2.38. The summed E-state index contributed by atoms with van der Waals surface area (Å²) in [4.78, 5) is 2.43. The molecule has 0 bridgehead atoms. The molecule has 23 heavy (non-hydrogen) atoms. The monoisotopic (exact) mass is 350 g/mol. The minimum Gasteiger partial charge on any atom is -0.369 e. The van der Waals surface area contributed by atoms with Gasteiger partial charge in [-0.3, -0.25) is 4.90 Å². The Bertz CT molecular complexity index is 720. The summed E-state index contributed by atoms with van der Waals surface area (Å²) in [5.41, 5.74) is 3.47. The Morgan fingerprint density at radius 3 is 2.70 bits per heavy atom. The number of hydrogen-bond acceptors (Lipinski definition) is 3. The van der Waals surface area contributed by atoms with Crippen molar-refractivity contribution in [2.75, 3.05) is 25.5 Å². The van der Waals surface area contributed by atoms with Crippen molar-refractivity contribution in [1.82, 2.24) is 14.7 Å². The maximum Gasteiger partial charge on any atom is 0.133 e. The van der Waals surface area contributed by atoms with Crippen LogP contribution >= 0.6 is 23.2 Å². The molecule has 2 aromatic rings. The third-order valence-corrected chi connectivity index (χ3v) is 5.30. The van der Waals surface area contributed by atoms with E-state index in [2.05, 4.69) is 17.3 Å². The van der Waals surface area contributed by atoms with E-state index in [1.54, 1.807) is 6.07 Å². The fourth-order valence-electron chi connectivity index (χ4n) is 3.74. The number of nitrogens with zero attached hydrogens (tertiary/aromatic N) is 3. The van der Waals surface area contributed by atoms with Gasteiger partial charge in [0.15, 0.2) is 0 Å². The number of benzene rings is 1. The van der Waals surface area contributed by atoms with E-state index in [-0.39, 0.29) is 0 Å². The summed E-state index contributed by atoms with van der Waals surface area (Å²) >= 11 is 12.4. The molecule has 1 aromatic heterocycles. The first-order chi connectivity index (χ1) is 11.1. The van der Waals surface area contributed by atoms with Gasteiger partial charge in [-0.1, -0.05) is 29.6 Å². The molecule has 122 valence electrons. The lowest BCUT2D eigenvalue weighted by Crippen LogP contribution is -2.30. The molecule has 1 fully saturated rings. The van der Waals surface area contributed by atoms with E-state index in [9.17, 15) is 0 Å². The molecule has 2 aliphatic heterocycles. The van der Waals surface area contributed by atoms with Gasteiger partial charge in [-0.15, -0.1) is 0 Å². The molecule has 4 nitrogen and oxygen atoms in total. The van der Waals surface area contributed by atoms with E-state index >= 15 is 0 Å². The highest BCUT2D eigenvalue weighted by Gasteiger charge is 2.31. The maximum atomic E-state index is 6.18. The molecule has 0 spiro atoms. The molecule has 1 unspecified atom stereocenters. The van der Waals surface area contributed by atoms with Gasteiger partial charge < -0.3 is 5.32 Å². The summed E-state index contributed by atoms with van der Waals surface area (Å²) in [5, 5.41) is 9.69. The molecule has 2 aliphatic rings.